The van der Waals surface area contributed by atoms with Gasteiger partial charge in [-0.05, 0) is 31.0 Å². The summed E-state index contributed by atoms with van der Waals surface area (Å²) in [7, 11) is 0. The monoisotopic (exact) mass is 579 g/mol. The molecule has 1 fully saturated rings. The fourth-order valence-corrected chi connectivity index (χ4v) is 4.68. The van der Waals surface area contributed by atoms with Gasteiger partial charge in [-0.1, -0.05) is 68.5 Å². The van der Waals surface area contributed by atoms with Gasteiger partial charge in [-0.3, -0.25) is 4.79 Å². The average molecular weight is 580 g/mol. The topological polar surface area (TPSA) is 122 Å². The Balaban J connectivity index is 1.19. The molecule has 0 atom stereocenters. The Morgan fingerprint density at radius 3 is 2.10 bits per heavy atom. The highest BCUT2D eigenvalue weighted by Gasteiger charge is 2.15. The van der Waals surface area contributed by atoms with Crippen molar-refractivity contribution in [3.8, 4) is 0 Å². The average Bonchev–Trinajstić information content (AvgIpc) is 2.99. The molecule has 42 heavy (non-hydrogen) atoms. The molecule has 1 amide bonds. The van der Waals surface area contributed by atoms with Gasteiger partial charge >= 0.3 is 0 Å². The molecule has 1 heterocycles. The number of nitrogens with one attached hydrogen (secondary N) is 4. The lowest BCUT2D eigenvalue weighted by Gasteiger charge is -2.21. The van der Waals surface area contributed by atoms with Crippen LogP contribution in [0.2, 0.25) is 0 Å². The van der Waals surface area contributed by atoms with Gasteiger partial charge in [0.1, 0.15) is 5.82 Å². The number of hydrogen-bond donors (Lipinski definition) is 4. The van der Waals surface area contributed by atoms with Gasteiger partial charge < -0.3 is 30.7 Å². The van der Waals surface area contributed by atoms with Crippen molar-refractivity contribution >= 4 is 23.8 Å². The molecule has 4 N–H and O–H groups in total. The molecular formula is C31H42FN7O3. The summed E-state index contributed by atoms with van der Waals surface area (Å²) in [4.78, 5) is 25.7. The first-order valence-electron chi connectivity index (χ1n) is 14.9. The molecule has 0 bridgehead atoms. The normalized spacial score (nSPS) is 14.0. The Bertz CT molecular complexity index is 1210. The van der Waals surface area contributed by atoms with E-state index in [0.717, 1.165) is 12.8 Å². The second-order valence-corrected chi connectivity index (χ2v) is 10.2. The molecule has 3 aromatic rings. The summed E-state index contributed by atoms with van der Waals surface area (Å²) in [5.41, 5.74) is 1.17. The van der Waals surface area contributed by atoms with Crippen molar-refractivity contribution < 1.29 is 18.7 Å². The third-order valence-corrected chi connectivity index (χ3v) is 6.94. The quantitative estimate of drug-likeness (QED) is 0.173. The first-order valence-corrected chi connectivity index (χ1v) is 14.9. The summed E-state index contributed by atoms with van der Waals surface area (Å²) in [5.74, 6) is 0.903. The number of anilines is 3. The minimum absolute atomic E-state index is 0.117. The number of rotatable bonds is 16. The molecule has 11 heteroatoms. The second-order valence-electron chi connectivity index (χ2n) is 10.2. The largest absolute Gasteiger partial charge is 0.377 e. The van der Waals surface area contributed by atoms with Crippen LogP contribution in [0.3, 0.4) is 0 Å². The van der Waals surface area contributed by atoms with E-state index in [9.17, 15) is 9.18 Å². The lowest BCUT2D eigenvalue weighted by atomic mass is 9.97. The fourth-order valence-electron chi connectivity index (χ4n) is 4.68. The van der Waals surface area contributed by atoms with Crippen LogP contribution in [0, 0.1) is 5.82 Å². The van der Waals surface area contributed by atoms with Crippen molar-refractivity contribution in [3.05, 3.63) is 71.5 Å². The van der Waals surface area contributed by atoms with E-state index in [-0.39, 0.29) is 18.3 Å². The van der Waals surface area contributed by atoms with Gasteiger partial charge in [-0.2, -0.15) is 15.0 Å². The molecule has 1 saturated carbocycles. The van der Waals surface area contributed by atoms with Crippen LogP contribution in [0.5, 0.6) is 0 Å². The molecule has 0 radical (unpaired) electrons. The van der Waals surface area contributed by atoms with Gasteiger partial charge in [-0.15, -0.1) is 0 Å². The van der Waals surface area contributed by atoms with Crippen LogP contribution in [0.15, 0.2) is 54.6 Å². The number of aromatic nitrogens is 3. The van der Waals surface area contributed by atoms with E-state index in [4.69, 9.17) is 9.47 Å². The first-order chi connectivity index (χ1) is 20.7. The van der Waals surface area contributed by atoms with Gasteiger partial charge in [0.05, 0.1) is 26.4 Å². The maximum absolute atomic E-state index is 14.1. The molecular weight excluding hydrogens is 537 g/mol. The number of hydrogen-bond acceptors (Lipinski definition) is 9. The molecule has 10 nitrogen and oxygen atoms in total. The molecule has 4 rings (SSSR count). The molecule has 1 aliphatic carbocycles. The molecule has 1 aliphatic rings. The van der Waals surface area contributed by atoms with Crippen molar-refractivity contribution in [1.29, 1.82) is 0 Å². The third-order valence-electron chi connectivity index (χ3n) is 6.94. The number of carbonyl (C=O) groups excluding carboxylic acids is 1. The SMILES string of the molecule is O=C(NCCOCCOCCNc1nc(NCc2ccccc2F)nc(NC2CCCCCCC2)n1)c1ccccc1. The number of carbonyl (C=O) groups is 1. The minimum atomic E-state index is -0.275. The van der Waals surface area contributed by atoms with Crippen molar-refractivity contribution in [2.75, 3.05) is 55.5 Å². The lowest BCUT2D eigenvalue weighted by molar-refractivity contribution is 0.0519. The Morgan fingerprint density at radius 1 is 0.738 bits per heavy atom. The van der Waals surface area contributed by atoms with Crippen molar-refractivity contribution in [2.45, 2.75) is 57.5 Å². The maximum atomic E-state index is 14.1. The van der Waals surface area contributed by atoms with Crippen molar-refractivity contribution in [3.63, 3.8) is 0 Å². The van der Waals surface area contributed by atoms with Crippen LogP contribution in [0.1, 0.15) is 60.9 Å². The van der Waals surface area contributed by atoms with Crippen LogP contribution in [-0.2, 0) is 16.0 Å². The Morgan fingerprint density at radius 2 is 1.36 bits per heavy atom. The zero-order valence-electron chi connectivity index (χ0n) is 24.1. The van der Waals surface area contributed by atoms with E-state index < -0.39 is 0 Å². The van der Waals surface area contributed by atoms with Gasteiger partial charge in [0, 0.05) is 36.8 Å². The molecule has 1 aromatic heterocycles. The van der Waals surface area contributed by atoms with E-state index in [1.807, 2.05) is 18.2 Å². The summed E-state index contributed by atoms with van der Waals surface area (Å²) < 4.78 is 25.3. The van der Waals surface area contributed by atoms with Crippen molar-refractivity contribution in [2.24, 2.45) is 0 Å². The van der Waals surface area contributed by atoms with Crippen LogP contribution < -0.4 is 21.3 Å². The van der Waals surface area contributed by atoms with E-state index >= 15 is 0 Å². The molecule has 0 unspecified atom stereocenters. The van der Waals surface area contributed by atoms with Gasteiger partial charge in [0.15, 0.2) is 0 Å². The predicted molar refractivity (Wildman–Crippen MR) is 162 cm³/mol. The van der Waals surface area contributed by atoms with Crippen LogP contribution in [0.25, 0.3) is 0 Å². The van der Waals surface area contributed by atoms with Crippen molar-refractivity contribution in [1.82, 2.24) is 20.3 Å². The highest BCUT2D eigenvalue weighted by molar-refractivity contribution is 5.94. The zero-order chi connectivity index (χ0) is 29.2. The molecule has 0 aliphatic heterocycles. The lowest BCUT2D eigenvalue weighted by Crippen LogP contribution is -2.27. The fraction of sp³-hybridized carbons (Fsp3) is 0.484. The number of amides is 1. The Kier molecular flexibility index (Phi) is 13.2. The number of ether oxygens (including phenoxy) is 2. The van der Waals surface area contributed by atoms with E-state index in [2.05, 4.69) is 36.2 Å². The Labute approximate surface area is 247 Å². The predicted octanol–water partition coefficient (Wildman–Crippen LogP) is 5.02. The summed E-state index contributed by atoms with van der Waals surface area (Å²) in [5, 5.41) is 12.7. The zero-order valence-corrected chi connectivity index (χ0v) is 24.1. The number of benzene rings is 2. The summed E-state index contributed by atoms with van der Waals surface area (Å²) in [6, 6.07) is 16.0. The molecule has 226 valence electrons. The number of nitrogens with zero attached hydrogens (tertiary/aromatic N) is 3. The Hall–Kier alpha value is -3.83. The van der Waals surface area contributed by atoms with E-state index in [1.54, 1.807) is 30.3 Å². The number of halogens is 1. The van der Waals surface area contributed by atoms with E-state index in [1.165, 1.54) is 38.2 Å². The first kappa shape index (κ1) is 31.1. The van der Waals surface area contributed by atoms with Gasteiger partial charge in [0.25, 0.3) is 5.91 Å². The highest BCUT2D eigenvalue weighted by atomic mass is 19.1. The van der Waals surface area contributed by atoms with Gasteiger partial charge in [0.2, 0.25) is 17.8 Å². The minimum Gasteiger partial charge on any atom is -0.377 e. The molecule has 0 spiro atoms. The van der Waals surface area contributed by atoms with E-state index in [0.29, 0.717) is 74.5 Å². The summed E-state index contributed by atoms with van der Waals surface area (Å²) in [6.07, 6.45) is 8.37. The third kappa shape index (κ3) is 11.2. The maximum Gasteiger partial charge on any atom is 0.251 e. The van der Waals surface area contributed by atoms with Gasteiger partial charge in [-0.25, -0.2) is 4.39 Å². The smallest absolute Gasteiger partial charge is 0.251 e. The highest BCUT2D eigenvalue weighted by Crippen LogP contribution is 2.20. The standard InChI is InChI=1S/C31H42FN7O3/c32-27-16-10-9-13-25(27)23-35-30-37-29(38-31(39-30)36-26-14-7-2-1-3-8-15-26)34-18-20-42-22-21-41-19-17-33-28(40)24-11-5-4-6-12-24/h4-6,9-13,16,26H,1-3,7-8,14-15,17-23H2,(H,33,40)(H3,34,35,36,37,38,39). The summed E-state index contributed by atoms with van der Waals surface area (Å²) in [6.45, 7) is 2.87. The van der Waals surface area contributed by atoms with Crippen LogP contribution in [0.4, 0.5) is 22.2 Å². The molecule has 2 aromatic carbocycles. The summed E-state index contributed by atoms with van der Waals surface area (Å²) >= 11 is 0. The van der Waals surface area contributed by atoms with Crippen LogP contribution >= 0.6 is 0 Å². The van der Waals surface area contributed by atoms with Crippen LogP contribution in [-0.4, -0.2) is 66.4 Å². The second kappa shape index (κ2) is 17.9. The molecule has 0 saturated heterocycles.